The number of pyridine rings is 2. The number of carbonyl (C=O) groups excluding carboxylic acids is 2. The zero-order valence-electron chi connectivity index (χ0n) is 27.7. The van der Waals surface area contributed by atoms with Crippen molar-refractivity contribution < 1.29 is 23.2 Å². The molecule has 1 saturated carbocycles. The number of aromatic nitrogens is 4. The average Bonchev–Trinajstić information content (AvgIpc) is 3.77. The summed E-state index contributed by atoms with van der Waals surface area (Å²) in [7, 11) is 1.52. The summed E-state index contributed by atoms with van der Waals surface area (Å²) >= 11 is 0. The number of hydrogen-bond donors (Lipinski definition) is 1. The van der Waals surface area contributed by atoms with Crippen molar-refractivity contribution in [2.75, 3.05) is 38.2 Å². The molecule has 13 nitrogen and oxygen atoms in total. The van der Waals surface area contributed by atoms with Crippen LogP contribution in [0.2, 0.25) is 0 Å². The van der Waals surface area contributed by atoms with Crippen LogP contribution >= 0.6 is 0 Å². The number of amides is 2. The number of para-hydroxylation sites is 1. The zero-order valence-corrected chi connectivity index (χ0v) is 27.7. The van der Waals surface area contributed by atoms with Gasteiger partial charge in [-0.2, -0.15) is 0 Å². The highest BCUT2D eigenvalue weighted by molar-refractivity contribution is 6.04. The van der Waals surface area contributed by atoms with E-state index in [0.717, 1.165) is 12.8 Å². The lowest BCUT2D eigenvalue weighted by Gasteiger charge is -2.37. The smallest absolute Gasteiger partial charge is 0.257 e. The van der Waals surface area contributed by atoms with Gasteiger partial charge in [0, 0.05) is 55.4 Å². The number of hydrogen-bond acceptors (Lipinski definition) is 10. The largest absolute Gasteiger partial charge is 0.481 e. The van der Waals surface area contributed by atoms with Crippen LogP contribution in [0, 0.1) is 5.92 Å². The Morgan fingerprint density at radius 3 is 2.67 bits per heavy atom. The molecule has 254 valence electrons. The van der Waals surface area contributed by atoms with Crippen LogP contribution < -0.4 is 20.4 Å². The molecule has 0 spiro atoms. The number of nitrogens with zero attached hydrogens (tertiary/aromatic N) is 6. The van der Waals surface area contributed by atoms with E-state index in [0.29, 0.717) is 83.7 Å². The highest BCUT2D eigenvalue weighted by Gasteiger charge is 2.30. The molecular weight excluding hydrogens is 626 g/mol. The molecule has 1 N–H and O–H groups in total. The molecule has 1 aliphatic heterocycles. The molecule has 1 aliphatic carbocycles. The van der Waals surface area contributed by atoms with E-state index in [1.807, 2.05) is 11.8 Å². The predicted octanol–water partition coefficient (Wildman–Crippen LogP) is 4.94. The molecule has 0 radical (unpaired) electrons. The van der Waals surface area contributed by atoms with E-state index < -0.39 is 0 Å². The number of allylic oxidation sites excluding steroid dienone is 1. The molecule has 2 aliphatic rings. The molecule has 49 heavy (non-hydrogen) atoms. The van der Waals surface area contributed by atoms with Crippen molar-refractivity contribution in [3.05, 3.63) is 76.7 Å². The zero-order chi connectivity index (χ0) is 34.1. The fraction of sp³-hybridized carbons (Fsp3) is 0.389. The van der Waals surface area contributed by atoms with Crippen molar-refractivity contribution in [1.29, 1.82) is 0 Å². The first-order chi connectivity index (χ1) is 23.8. The summed E-state index contributed by atoms with van der Waals surface area (Å²) < 4.78 is 18.8. The van der Waals surface area contributed by atoms with Crippen LogP contribution in [0.5, 0.6) is 5.88 Å². The van der Waals surface area contributed by atoms with Gasteiger partial charge in [0.2, 0.25) is 28.8 Å². The number of oxazole rings is 2. The maximum absolute atomic E-state index is 14.3. The molecule has 0 atom stereocenters. The second-order valence-corrected chi connectivity index (χ2v) is 12.6. The average molecular weight is 666 g/mol. The first kappa shape index (κ1) is 32.1. The maximum Gasteiger partial charge on any atom is 0.257 e. The maximum atomic E-state index is 14.3. The molecule has 0 unspecified atom stereocenters. The first-order valence-electron chi connectivity index (χ1n) is 16.7. The molecule has 5 heterocycles. The standard InChI is InChI=1S/C36H39N7O6/c1-4-27-31(41-15-17-42(18-16-41)35(46)25-9-6-10-26-33(25)48-21-38-26)32(45)30-36(49-34(40-30)24-13-14-37-29(19-24)47-3)43(27)20-28(44)39-22(2)11-12-23-7-5-8-23/h6,9-10,13-14,19,21,23H,2,4-5,7-8,11-12,15-18,20H2,1,3H3,(H,39,44). The Labute approximate surface area is 282 Å². The third-order valence-corrected chi connectivity index (χ3v) is 9.58. The van der Waals surface area contributed by atoms with Gasteiger partial charge in [0.1, 0.15) is 17.7 Å². The second-order valence-electron chi connectivity index (χ2n) is 12.6. The highest BCUT2D eigenvalue weighted by Crippen LogP contribution is 2.32. The van der Waals surface area contributed by atoms with Crippen molar-refractivity contribution in [1.82, 2.24) is 29.7 Å². The fourth-order valence-corrected chi connectivity index (χ4v) is 6.73. The summed E-state index contributed by atoms with van der Waals surface area (Å²) in [4.78, 5) is 58.0. The quantitative estimate of drug-likeness (QED) is 0.206. The Morgan fingerprint density at radius 2 is 1.94 bits per heavy atom. The van der Waals surface area contributed by atoms with Crippen LogP contribution in [0.4, 0.5) is 5.69 Å². The number of benzene rings is 1. The van der Waals surface area contributed by atoms with Gasteiger partial charge < -0.3 is 33.3 Å². The molecule has 5 aromatic rings. The second kappa shape index (κ2) is 13.6. The lowest BCUT2D eigenvalue weighted by Crippen LogP contribution is -2.50. The van der Waals surface area contributed by atoms with Gasteiger partial charge in [-0.3, -0.25) is 14.4 Å². The van der Waals surface area contributed by atoms with E-state index in [1.54, 1.807) is 46.0 Å². The van der Waals surface area contributed by atoms with E-state index in [2.05, 4.69) is 26.8 Å². The van der Waals surface area contributed by atoms with Gasteiger partial charge in [-0.15, -0.1) is 0 Å². The molecule has 0 bridgehead atoms. The Kier molecular flexibility index (Phi) is 8.89. The van der Waals surface area contributed by atoms with E-state index in [1.165, 1.54) is 32.8 Å². The van der Waals surface area contributed by atoms with Crippen LogP contribution in [-0.4, -0.2) is 69.5 Å². The van der Waals surface area contributed by atoms with Gasteiger partial charge >= 0.3 is 0 Å². The number of piperazine rings is 1. The molecule has 2 amide bonds. The van der Waals surface area contributed by atoms with Crippen LogP contribution in [0.3, 0.4) is 0 Å². The molecule has 4 aromatic heterocycles. The van der Waals surface area contributed by atoms with Crippen molar-refractivity contribution >= 4 is 39.8 Å². The fourth-order valence-electron chi connectivity index (χ4n) is 6.73. The number of nitrogens with one attached hydrogen (secondary N) is 1. The van der Waals surface area contributed by atoms with Crippen LogP contribution in [-0.2, 0) is 17.8 Å². The van der Waals surface area contributed by atoms with Gasteiger partial charge in [-0.05, 0) is 43.4 Å². The predicted molar refractivity (Wildman–Crippen MR) is 183 cm³/mol. The summed E-state index contributed by atoms with van der Waals surface area (Å²) in [5.41, 5.74) is 3.90. The Morgan fingerprint density at radius 1 is 1.12 bits per heavy atom. The van der Waals surface area contributed by atoms with Gasteiger partial charge in [0.05, 0.1) is 12.7 Å². The Balaban J connectivity index is 1.20. The minimum Gasteiger partial charge on any atom is -0.481 e. The Hall–Kier alpha value is -5.46. The minimum atomic E-state index is -0.296. The van der Waals surface area contributed by atoms with Crippen molar-refractivity contribution in [2.45, 2.75) is 52.0 Å². The van der Waals surface area contributed by atoms with Crippen molar-refractivity contribution in [3.8, 4) is 17.3 Å². The summed E-state index contributed by atoms with van der Waals surface area (Å²) in [5, 5.41) is 2.97. The van der Waals surface area contributed by atoms with Crippen LogP contribution in [0.25, 0.3) is 33.8 Å². The minimum absolute atomic E-state index is 0.0939. The lowest BCUT2D eigenvalue weighted by molar-refractivity contribution is -0.121. The number of anilines is 1. The van der Waals surface area contributed by atoms with Crippen LogP contribution in [0.15, 0.2) is 68.8 Å². The number of ether oxygens (including phenoxy) is 1. The summed E-state index contributed by atoms with van der Waals surface area (Å²) in [6, 6.07) is 8.71. The molecule has 2 fully saturated rings. The Bertz CT molecular complexity index is 2100. The molecule has 13 heteroatoms. The number of methoxy groups -OCH3 is 1. The summed E-state index contributed by atoms with van der Waals surface area (Å²) in [5.74, 6) is 0.866. The topological polar surface area (TPSA) is 149 Å². The number of rotatable bonds is 11. The summed E-state index contributed by atoms with van der Waals surface area (Å²) in [6.07, 6.45) is 8.82. The lowest BCUT2D eigenvalue weighted by atomic mass is 9.82. The molecule has 1 saturated heterocycles. The van der Waals surface area contributed by atoms with E-state index >= 15 is 0 Å². The number of carbonyl (C=O) groups is 2. The van der Waals surface area contributed by atoms with E-state index in [9.17, 15) is 14.4 Å². The van der Waals surface area contributed by atoms with E-state index in [-0.39, 0.29) is 40.9 Å². The SMILES string of the molecule is C=C(CCC1CCC1)NC(=O)Cn1c(CC)c(N2CCN(C(=O)c3cccc4ncoc34)CC2)c(=O)c2nc(-c3ccnc(OC)c3)oc21. The van der Waals surface area contributed by atoms with E-state index in [4.69, 9.17) is 13.6 Å². The molecular formula is C36H39N7O6. The van der Waals surface area contributed by atoms with Gasteiger partial charge in [0.25, 0.3) is 5.91 Å². The number of fused-ring (bicyclic) bond motifs is 2. The van der Waals surface area contributed by atoms with Crippen LogP contribution in [0.1, 0.15) is 55.1 Å². The first-order valence-corrected chi connectivity index (χ1v) is 16.7. The molecule has 1 aromatic carbocycles. The highest BCUT2D eigenvalue weighted by atomic mass is 16.5. The van der Waals surface area contributed by atoms with Gasteiger partial charge in [-0.25, -0.2) is 15.0 Å². The van der Waals surface area contributed by atoms with Gasteiger partial charge in [0.15, 0.2) is 17.5 Å². The summed E-state index contributed by atoms with van der Waals surface area (Å²) in [6.45, 7) is 7.52. The van der Waals surface area contributed by atoms with Crippen molar-refractivity contribution in [3.63, 3.8) is 0 Å². The molecule has 7 rings (SSSR count). The third kappa shape index (κ3) is 6.28. The van der Waals surface area contributed by atoms with Gasteiger partial charge in [-0.1, -0.05) is 38.8 Å². The van der Waals surface area contributed by atoms with Crippen molar-refractivity contribution in [2.24, 2.45) is 5.92 Å². The third-order valence-electron chi connectivity index (χ3n) is 9.58. The monoisotopic (exact) mass is 665 g/mol. The normalized spacial score (nSPS) is 15.1.